The Kier molecular flexibility index (Phi) is 5.92. The zero-order valence-electron chi connectivity index (χ0n) is 15.9. The molecule has 0 aliphatic heterocycles. The third-order valence-corrected chi connectivity index (χ3v) is 4.43. The van der Waals surface area contributed by atoms with Crippen molar-refractivity contribution in [2.45, 2.75) is 26.5 Å². The number of ether oxygens (including phenoxy) is 1. The van der Waals surface area contributed by atoms with Crippen LogP contribution in [0.4, 0.5) is 9.18 Å². The summed E-state index contributed by atoms with van der Waals surface area (Å²) in [4.78, 5) is 24.0. The maximum Gasteiger partial charge on any atom is 0.408 e. The molecule has 1 heterocycles. The number of benzene rings is 2. The van der Waals surface area contributed by atoms with E-state index in [9.17, 15) is 19.1 Å². The van der Waals surface area contributed by atoms with Gasteiger partial charge in [-0.05, 0) is 43.7 Å². The average molecular weight is 397 g/mol. The molecule has 0 aliphatic rings. The molecule has 29 heavy (non-hydrogen) atoms. The van der Waals surface area contributed by atoms with Gasteiger partial charge in [0.15, 0.2) is 6.04 Å². The summed E-state index contributed by atoms with van der Waals surface area (Å²) in [6.07, 6.45) is -0.852. The fraction of sp³-hybridized carbons (Fsp3) is 0.190. The summed E-state index contributed by atoms with van der Waals surface area (Å²) < 4.78 is 19.8. The van der Waals surface area contributed by atoms with Gasteiger partial charge in [0.1, 0.15) is 12.4 Å². The number of hydrogen-bond donors (Lipinski definition) is 2. The van der Waals surface area contributed by atoms with Gasteiger partial charge in [-0.1, -0.05) is 30.3 Å². The fourth-order valence-corrected chi connectivity index (χ4v) is 3.05. The molecule has 0 spiro atoms. The van der Waals surface area contributed by atoms with Crippen molar-refractivity contribution in [1.29, 1.82) is 0 Å². The summed E-state index contributed by atoms with van der Waals surface area (Å²) in [7, 11) is 0. The molecule has 0 saturated carbocycles. The molecule has 0 radical (unpaired) electrons. The number of halogens is 1. The minimum absolute atomic E-state index is 0.0197. The number of carbonyl (C=O) groups is 2. The van der Waals surface area contributed by atoms with E-state index in [1.165, 1.54) is 28.9 Å². The summed E-state index contributed by atoms with van der Waals surface area (Å²) in [5, 5.41) is 16.4. The topological polar surface area (TPSA) is 93.5 Å². The van der Waals surface area contributed by atoms with Gasteiger partial charge in [-0.3, -0.25) is 0 Å². The molecule has 1 amide bonds. The van der Waals surface area contributed by atoms with Crippen molar-refractivity contribution in [1.82, 2.24) is 15.1 Å². The van der Waals surface area contributed by atoms with Crippen molar-refractivity contribution in [2.75, 3.05) is 0 Å². The Hall–Kier alpha value is -3.68. The number of carboxylic acids is 1. The van der Waals surface area contributed by atoms with Gasteiger partial charge in [0.25, 0.3) is 0 Å². The lowest BCUT2D eigenvalue weighted by molar-refractivity contribution is -0.139. The summed E-state index contributed by atoms with van der Waals surface area (Å²) >= 11 is 0. The largest absolute Gasteiger partial charge is 0.479 e. The van der Waals surface area contributed by atoms with Gasteiger partial charge < -0.3 is 15.2 Å². The van der Waals surface area contributed by atoms with Crippen molar-refractivity contribution in [3.8, 4) is 5.69 Å². The van der Waals surface area contributed by atoms with Crippen LogP contribution in [0.15, 0.2) is 54.6 Å². The normalized spacial score (nSPS) is 11.7. The van der Waals surface area contributed by atoms with E-state index in [0.29, 0.717) is 22.6 Å². The van der Waals surface area contributed by atoms with Crippen molar-refractivity contribution >= 4 is 12.1 Å². The second-order valence-corrected chi connectivity index (χ2v) is 6.45. The van der Waals surface area contributed by atoms with Crippen molar-refractivity contribution < 1.29 is 23.8 Å². The molecule has 8 heteroatoms. The number of carbonyl (C=O) groups excluding carboxylic acids is 1. The number of nitrogens with one attached hydrogen (secondary N) is 1. The highest BCUT2D eigenvalue weighted by Crippen LogP contribution is 2.25. The lowest BCUT2D eigenvalue weighted by atomic mass is 10.1. The van der Waals surface area contributed by atoms with E-state index in [1.54, 1.807) is 26.0 Å². The van der Waals surface area contributed by atoms with E-state index in [1.807, 2.05) is 18.2 Å². The predicted octanol–water partition coefficient (Wildman–Crippen LogP) is 3.68. The number of aromatic nitrogens is 2. The highest BCUT2D eigenvalue weighted by atomic mass is 19.1. The molecule has 3 rings (SSSR count). The molecule has 2 aromatic carbocycles. The first-order valence-corrected chi connectivity index (χ1v) is 8.89. The van der Waals surface area contributed by atoms with Gasteiger partial charge in [0.2, 0.25) is 0 Å². The number of nitrogens with zero attached hydrogens (tertiary/aromatic N) is 2. The van der Waals surface area contributed by atoms with Crippen molar-refractivity contribution in [3.05, 3.63) is 82.9 Å². The highest BCUT2D eigenvalue weighted by Gasteiger charge is 2.29. The Morgan fingerprint density at radius 1 is 1.14 bits per heavy atom. The van der Waals surface area contributed by atoms with Gasteiger partial charge in [-0.15, -0.1) is 0 Å². The van der Waals surface area contributed by atoms with Gasteiger partial charge in [-0.2, -0.15) is 5.10 Å². The second kappa shape index (κ2) is 8.55. The Morgan fingerprint density at radius 2 is 1.79 bits per heavy atom. The number of alkyl carbamates (subject to hydrolysis) is 1. The van der Waals surface area contributed by atoms with Crippen LogP contribution in [-0.2, 0) is 16.1 Å². The molecular formula is C21H20FN3O4. The smallest absolute Gasteiger partial charge is 0.408 e. The first-order chi connectivity index (χ1) is 13.9. The Labute approximate surface area is 166 Å². The standard InChI is InChI=1S/C21H20FN3O4/c1-13-18(14(2)25(24-13)17-10-8-16(22)9-11-17)19(20(26)27)23-21(28)29-12-15-6-4-3-5-7-15/h3-11,19H,12H2,1-2H3,(H,23,28)(H,26,27). The maximum atomic E-state index is 13.2. The van der Waals surface area contributed by atoms with Crippen molar-refractivity contribution in [2.24, 2.45) is 0 Å². The highest BCUT2D eigenvalue weighted by molar-refractivity contribution is 5.82. The van der Waals surface area contributed by atoms with Crippen LogP contribution in [0.25, 0.3) is 5.69 Å². The second-order valence-electron chi connectivity index (χ2n) is 6.45. The quantitative estimate of drug-likeness (QED) is 0.662. The first-order valence-electron chi connectivity index (χ1n) is 8.89. The zero-order chi connectivity index (χ0) is 21.0. The molecule has 3 aromatic rings. The van der Waals surface area contributed by atoms with Crippen molar-refractivity contribution in [3.63, 3.8) is 0 Å². The predicted molar refractivity (Wildman–Crippen MR) is 103 cm³/mol. The number of hydrogen-bond acceptors (Lipinski definition) is 4. The number of amides is 1. The molecule has 0 bridgehead atoms. The monoisotopic (exact) mass is 397 g/mol. The van der Waals surface area contributed by atoms with E-state index in [2.05, 4.69) is 10.4 Å². The third kappa shape index (κ3) is 4.60. The third-order valence-electron chi connectivity index (χ3n) is 4.43. The number of carboxylic acid groups (broad SMARTS) is 1. The molecule has 0 saturated heterocycles. The lowest BCUT2D eigenvalue weighted by Gasteiger charge is -2.15. The average Bonchev–Trinajstić information content (AvgIpc) is 3.00. The summed E-state index contributed by atoms with van der Waals surface area (Å²) in [6, 6.07) is 13.4. The number of aliphatic carboxylic acids is 1. The SMILES string of the molecule is Cc1nn(-c2ccc(F)cc2)c(C)c1C(NC(=O)OCc1ccccc1)C(=O)O. The molecule has 1 aromatic heterocycles. The summed E-state index contributed by atoms with van der Waals surface area (Å²) in [6.45, 7) is 3.35. The molecule has 0 aliphatic carbocycles. The minimum Gasteiger partial charge on any atom is -0.479 e. The van der Waals surface area contributed by atoms with Crippen LogP contribution in [-0.4, -0.2) is 26.9 Å². The van der Waals surface area contributed by atoms with E-state index < -0.39 is 18.1 Å². The van der Waals surface area contributed by atoms with E-state index in [0.717, 1.165) is 5.56 Å². The summed E-state index contributed by atoms with van der Waals surface area (Å²) in [5.41, 5.74) is 2.66. The zero-order valence-corrected chi connectivity index (χ0v) is 15.9. The van der Waals surface area contributed by atoms with Crippen LogP contribution in [0, 0.1) is 19.7 Å². The van der Waals surface area contributed by atoms with Crippen LogP contribution >= 0.6 is 0 Å². The van der Waals surface area contributed by atoms with Crippen LogP contribution in [0.2, 0.25) is 0 Å². The molecule has 1 unspecified atom stereocenters. The summed E-state index contributed by atoms with van der Waals surface area (Å²) in [5.74, 6) is -1.63. The Bertz CT molecular complexity index is 1020. The lowest BCUT2D eigenvalue weighted by Crippen LogP contribution is -2.34. The Balaban J connectivity index is 1.81. The fourth-order valence-electron chi connectivity index (χ4n) is 3.05. The van der Waals surface area contributed by atoms with Gasteiger partial charge in [0.05, 0.1) is 11.4 Å². The first kappa shape index (κ1) is 20.1. The van der Waals surface area contributed by atoms with Crippen LogP contribution in [0.1, 0.15) is 28.6 Å². The van der Waals surface area contributed by atoms with Gasteiger partial charge in [0, 0.05) is 11.3 Å². The van der Waals surface area contributed by atoms with E-state index in [-0.39, 0.29) is 12.4 Å². The number of aryl methyl sites for hydroxylation is 1. The van der Waals surface area contributed by atoms with E-state index in [4.69, 9.17) is 4.74 Å². The molecule has 150 valence electrons. The molecular weight excluding hydrogens is 377 g/mol. The molecule has 0 fully saturated rings. The minimum atomic E-state index is -1.34. The molecule has 1 atom stereocenters. The molecule has 7 nitrogen and oxygen atoms in total. The van der Waals surface area contributed by atoms with Crippen LogP contribution in [0.5, 0.6) is 0 Å². The Morgan fingerprint density at radius 3 is 2.41 bits per heavy atom. The van der Waals surface area contributed by atoms with Gasteiger partial charge >= 0.3 is 12.1 Å². The number of rotatable bonds is 6. The van der Waals surface area contributed by atoms with E-state index >= 15 is 0 Å². The molecule has 2 N–H and O–H groups in total. The van der Waals surface area contributed by atoms with Gasteiger partial charge in [-0.25, -0.2) is 18.7 Å². The maximum absolute atomic E-state index is 13.2. The van der Waals surface area contributed by atoms with Crippen LogP contribution in [0.3, 0.4) is 0 Å². The van der Waals surface area contributed by atoms with Crippen LogP contribution < -0.4 is 5.32 Å².